The molecular weight excluding hydrogens is 155 g/mol. The van der Waals surface area contributed by atoms with Crippen LogP contribution in [0.5, 0.6) is 0 Å². The third kappa shape index (κ3) is 0.629. The fourth-order valence-electron chi connectivity index (χ4n) is 2.94. The number of hydrogen-bond donors (Lipinski definition) is 0. The Hall–Kier alpha value is -0.400. The molecular formula is C10H15FO. The Labute approximate surface area is 72.3 Å². The van der Waals surface area contributed by atoms with Crippen LogP contribution in [0.25, 0.3) is 0 Å². The van der Waals surface area contributed by atoms with Crippen molar-refractivity contribution >= 4 is 5.78 Å². The number of halogens is 1. The van der Waals surface area contributed by atoms with Gasteiger partial charge in [-0.3, -0.25) is 4.79 Å². The number of carbonyl (C=O) groups excluding carboxylic acids is 1. The maximum atomic E-state index is 13.4. The first-order valence-corrected chi connectivity index (χ1v) is 4.57. The monoisotopic (exact) mass is 170 g/mol. The van der Waals surface area contributed by atoms with Crippen LogP contribution in [0, 0.1) is 16.7 Å². The lowest BCUT2D eigenvalue weighted by molar-refractivity contribution is -0.129. The molecule has 1 nitrogen and oxygen atoms in total. The topological polar surface area (TPSA) is 17.1 Å². The zero-order chi connectivity index (χ0) is 9.15. The molecule has 0 aromatic heterocycles. The molecule has 0 N–H and O–H groups in total. The van der Waals surface area contributed by atoms with E-state index < -0.39 is 6.17 Å². The molecule has 2 aliphatic rings. The van der Waals surface area contributed by atoms with Crippen LogP contribution < -0.4 is 0 Å². The van der Waals surface area contributed by atoms with E-state index in [0.29, 0.717) is 12.8 Å². The molecule has 0 aliphatic heterocycles. The van der Waals surface area contributed by atoms with Crippen molar-refractivity contribution in [3.63, 3.8) is 0 Å². The molecule has 2 bridgehead atoms. The van der Waals surface area contributed by atoms with E-state index in [-0.39, 0.29) is 22.5 Å². The van der Waals surface area contributed by atoms with Gasteiger partial charge in [0.2, 0.25) is 0 Å². The van der Waals surface area contributed by atoms with Crippen LogP contribution in [0.4, 0.5) is 4.39 Å². The molecule has 0 aromatic carbocycles. The Bertz CT molecular complexity index is 246. The van der Waals surface area contributed by atoms with E-state index in [0.717, 1.165) is 0 Å². The van der Waals surface area contributed by atoms with Crippen LogP contribution in [0.15, 0.2) is 0 Å². The highest BCUT2D eigenvalue weighted by atomic mass is 19.1. The van der Waals surface area contributed by atoms with Crippen molar-refractivity contribution in [2.45, 2.75) is 39.8 Å². The lowest BCUT2D eigenvalue weighted by Crippen LogP contribution is -2.32. The number of fused-ring (bicyclic) bond motifs is 2. The predicted octanol–water partition coefficient (Wildman–Crippen LogP) is 2.35. The first-order valence-electron chi connectivity index (χ1n) is 4.57. The summed E-state index contributed by atoms with van der Waals surface area (Å²) in [6.45, 7) is 5.99. The lowest BCUT2D eigenvalue weighted by atomic mass is 9.70. The van der Waals surface area contributed by atoms with Gasteiger partial charge in [0.15, 0.2) is 0 Å². The molecule has 2 heteroatoms. The molecule has 0 heterocycles. The maximum Gasteiger partial charge on any atom is 0.139 e. The van der Waals surface area contributed by atoms with Gasteiger partial charge in [-0.1, -0.05) is 20.8 Å². The van der Waals surface area contributed by atoms with Gasteiger partial charge < -0.3 is 0 Å². The molecule has 0 aromatic rings. The fraction of sp³-hybridized carbons (Fsp3) is 0.900. The van der Waals surface area contributed by atoms with Gasteiger partial charge in [-0.2, -0.15) is 0 Å². The Morgan fingerprint density at radius 1 is 1.42 bits per heavy atom. The van der Waals surface area contributed by atoms with Gasteiger partial charge >= 0.3 is 0 Å². The second-order valence-corrected chi connectivity index (χ2v) is 5.01. The van der Waals surface area contributed by atoms with Crippen LogP contribution in [-0.2, 0) is 4.79 Å². The highest BCUT2D eigenvalue weighted by molar-refractivity contribution is 5.89. The molecule has 0 spiro atoms. The number of alkyl halides is 1. The molecule has 2 aliphatic carbocycles. The first kappa shape index (κ1) is 8.21. The molecule has 12 heavy (non-hydrogen) atoms. The second-order valence-electron chi connectivity index (χ2n) is 5.01. The van der Waals surface area contributed by atoms with Gasteiger partial charge in [0.25, 0.3) is 0 Å². The van der Waals surface area contributed by atoms with Crippen molar-refractivity contribution in [2.75, 3.05) is 0 Å². The summed E-state index contributed by atoms with van der Waals surface area (Å²) in [5.74, 6) is 0.251. The van der Waals surface area contributed by atoms with E-state index in [1.807, 2.05) is 20.8 Å². The van der Waals surface area contributed by atoms with Crippen LogP contribution in [0.2, 0.25) is 0 Å². The molecule has 3 atom stereocenters. The first-order chi connectivity index (χ1) is 5.39. The molecule has 2 saturated carbocycles. The van der Waals surface area contributed by atoms with Crippen molar-refractivity contribution in [1.82, 2.24) is 0 Å². The SMILES string of the molecule is CC12CC(F)C(CC1=O)C2(C)C. The van der Waals surface area contributed by atoms with Crippen molar-refractivity contribution in [3.05, 3.63) is 0 Å². The zero-order valence-corrected chi connectivity index (χ0v) is 7.86. The van der Waals surface area contributed by atoms with Gasteiger partial charge in [-0.25, -0.2) is 4.39 Å². The smallest absolute Gasteiger partial charge is 0.139 e. The van der Waals surface area contributed by atoms with Crippen molar-refractivity contribution in [1.29, 1.82) is 0 Å². The third-order valence-electron chi connectivity index (χ3n) is 4.41. The van der Waals surface area contributed by atoms with Crippen LogP contribution in [-0.4, -0.2) is 12.0 Å². The molecule has 0 saturated heterocycles. The summed E-state index contributed by atoms with van der Waals surface area (Å²) >= 11 is 0. The summed E-state index contributed by atoms with van der Waals surface area (Å²) in [5, 5.41) is 0. The standard InChI is InChI=1S/C10H15FO/c1-9(2)6-4-8(12)10(9,3)5-7(6)11/h6-7H,4-5H2,1-3H3. The van der Waals surface area contributed by atoms with Crippen LogP contribution >= 0.6 is 0 Å². The summed E-state index contributed by atoms with van der Waals surface area (Å²) in [4.78, 5) is 11.6. The van der Waals surface area contributed by atoms with E-state index in [4.69, 9.17) is 0 Å². The van der Waals surface area contributed by atoms with Gasteiger partial charge in [0, 0.05) is 17.8 Å². The van der Waals surface area contributed by atoms with Crippen molar-refractivity contribution in [3.8, 4) is 0 Å². The predicted molar refractivity (Wildman–Crippen MR) is 44.5 cm³/mol. The number of carbonyl (C=O) groups is 1. The average molecular weight is 170 g/mol. The van der Waals surface area contributed by atoms with Crippen LogP contribution in [0.1, 0.15) is 33.6 Å². The molecule has 2 rings (SSSR count). The molecule has 0 radical (unpaired) electrons. The Morgan fingerprint density at radius 3 is 2.25 bits per heavy atom. The second kappa shape index (κ2) is 1.91. The summed E-state index contributed by atoms with van der Waals surface area (Å²) < 4.78 is 13.4. The summed E-state index contributed by atoms with van der Waals surface area (Å²) in [7, 11) is 0. The Balaban J connectivity index is 2.47. The number of rotatable bonds is 0. The van der Waals surface area contributed by atoms with Crippen molar-refractivity contribution in [2.24, 2.45) is 16.7 Å². The van der Waals surface area contributed by atoms with Gasteiger partial charge in [-0.05, 0) is 11.8 Å². The summed E-state index contributed by atoms with van der Waals surface area (Å²) in [5.41, 5.74) is -0.499. The third-order valence-corrected chi connectivity index (χ3v) is 4.41. The zero-order valence-electron chi connectivity index (χ0n) is 7.86. The fourth-order valence-corrected chi connectivity index (χ4v) is 2.94. The minimum atomic E-state index is -0.748. The van der Waals surface area contributed by atoms with E-state index in [2.05, 4.69) is 0 Å². The maximum absolute atomic E-state index is 13.4. The van der Waals surface area contributed by atoms with E-state index in [9.17, 15) is 9.18 Å². The average Bonchev–Trinajstić information content (AvgIpc) is 2.18. The Morgan fingerprint density at radius 2 is 2.00 bits per heavy atom. The van der Waals surface area contributed by atoms with E-state index >= 15 is 0 Å². The Kier molecular flexibility index (Phi) is 1.31. The quantitative estimate of drug-likeness (QED) is 0.545. The normalized spacial score (nSPS) is 50.2. The minimum absolute atomic E-state index is 0.0185. The largest absolute Gasteiger partial charge is 0.299 e. The molecule has 0 amide bonds. The molecule has 68 valence electrons. The summed E-state index contributed by atoms with van der Waals surface area (Å²) in [6.07, 6.45) is 0.163. The van der Waals surface area contributed by atoms with Gasteiger partial charge in [0.1, 0.15) is 12.0 Å². The van der Waals surface area contributed by atoms with Crippen LogP contribution in [0.3, 0.4) is 0 Å². The minimum Gasteiger partial charge on any atom is -0.299 e. The number of Topliss-reactive ketones (excluding diaryl/α,β-unsaturated/α-hetero) is 1. The van der Waals surface area contributed by atoms with Gasteiger partial charge in [0.05, 0.1) is 0 Å². The van der Waals surface area contributed by atoms with Crippen molar-refractivity contribution < 1.29 is 9.18 Å². The van der Waals surface area contributed by atoms with Gasteiger partial charge in [-0.15, -0.1) is 0 Å². The molecule has 3 unspecified atom stereocenters. The number of ketones is 1. The van der Waals surface area contributed by atoms with E-state index in [1.54, 1.807) is 0 Å². The highest BCUT2D eigenvalue weighted by Gasteiger charge is 2.65. The summed E-state index contributed by atoms with van der Waals surface area (Å²) in [6, 6.07) is 0. The highest BCUT2D eigenvalue weighted by Crippen LogP contribution is 2.64. The number of hydrogen-bond acceptors (Lipinski definition) is 1. The lowest BCUT2D eigenvalue weighted by Gasteiger charge is -2.31. The molecule has 2 fully saturated rings. The van der Waals surface area contributed by atoms with E-state index in [1.165, 1.54) is 0 Å².